The van der Waals surface area contributed by atoms with Crippen LogP contribution >= 0.6 is 11.3 Å². The van der Waals surface area contributed by atoms with Crippen molar-refractivity contribution in [1.82, 2.24) is 14.8 Å². The normalized spacial score (nSPS) is 10.1. The van der Waals surface area contributed by atoms with Gasteiger partial charge in [-0.2, -0.15) is 5.26 Å². The van der Waals surface area contributed by atoms with Crippen LogP contribution in [-0.4, -0.2) is 21.9 Å². The Hall–Kier alpha value is -2.20. The zero-order chi connectivity index (χ0) is 13.1. The molecule has 0 radical (unpaired) electrons. The van der Waals surface area contributed by atoms with E-state index in [0.29, 0.717) is 10.6 Å². The SMILES string of the molecule is COc1c(C#N)ccc(=O)n1Cc1nnc(C)s1. The molecule has 2 aromatic heterocycles. The number of rotatable bonds is 3. The first kappa shape index (κ1) is 12.3. The van der Waals surface area contributed by atoms with Gasteiger partial charge in [0.15, 0.2) is 0 Å². The Morgan fingerprint density at radius 2 is 2.28 bits per heavy atom. The minimum atomic E-state index is -0.237. The molecule has 0 aromatic carbocycles. The van der Waals surface area contributed by atoms with Crippen molar-refractivity contribution in [3.63, 3.8) is 0 Å². The van der Waals surface area contributed by atoms with Gasteiger partial charge < -0.3 is 4.74 Å². The average molecular weight is 262 g/mol. The monoisotopic (exact) mass is 262 g/mol. The van der Waals surface area contributed by atoms with E-state index in [4.69, 9.17) is 10.00 Å². The van der Waals surface area contributed by atoms with Crippen molar-refractivity contribution in [2.24, 2.45) is 0 Å². The van der Waals surface area contributed by atoms with E-state index < -0.39 is 0 Å². The minimum absolute atomic E-state index is 0.237. The number of nitriles is 1. The lowest BCUT2D eigenvalue weighted by Gasteiger charge is -2.10. The summed E-state index contributed by atoms with van der Waals surface area (Å²) in [5, 5.41) is 18.3. The van der Waals surface area contributed by atoms with Crippen LogP contribution in [0.4, 0.5) is 0 Å². The molecule has 0 aliphatic heterocycles. The molecule has 7 heteroatoms. The summed E-state index contributed by atoms with van der Waals surface area (Å²) in [5.74, 6) is 0.248. The van der Waals surface area contributed by atoms with Gasteiger partial charge in [-0.25, -0.2) is 0 Å². The van der Waals surface area contributed by atoms with Gasteiger partial charge >= 0.3 is 0 Å². The molecule has 0 aliphatic rings. The van der Waals surface area contributed by atoms with Gasteiger partial charge in [0.1, 0.15) is 21.6 Å². The maximum Gasteiger partial charge on any atom is 0.253 e. The van der Waals surface area contributed by atoms with E-state index in [1.807, 2.05) is 13.0 Å². The van der Waals surface area contributed by atoms with Gasteiger partial charge in [-0.15, -0.1) is 10.2 Å². The molecule has 0 N–H and O–H groups in total. The highest BCUT2D eigenvalue weighted by molar-refractivity contribution is 7.11. The minimum Gasteiger partial charge on any atom is -0.481 e. The number of methoxy groups -OCH3 is 1. The molecule has 92 valence electrons. The topological polar surface area (TPSA) is 80.8 Å². The highest BCUT2D eigenvalue weighted by Crippen LogP contribution is 2.17. The van der Waals surface area contributed by atoms with Crippen LogP contribution in [0, 0.1) is 18.3 Å². The van der Waals surface area contributed by atoms with Crippen molar-refractivity contribution >= 4 is 11.3 Å². The second-order valence-electron chi connectivity index (χ2n) is 3.51. The molecule has 6 nitrogen and oxygen atoms in total. The molecule has 0 fully saturated rings. The standard InChI is InChI=1S/C11H10N4O2S/c1-7-13-14-9(18-7)6-15-10(16)4-3-8(5-12)11(15)17-2/h3-4H,6H2,1-2H3. The predicted molar refractivity (Wildman–Crippen MR) is 65.7 cm³/mol. The Kier molecular flexibility index (Phi) is 3.39. The number of ether oxygens (including phenoxy) is 1. The Morgan fingerprint density at radius 1 is 1.50 bits per heavy atom. The second kappa shape index (κ2) is 4.98. The van der Waals surface area contributed by atoms with Crippen LogP contribution in [-0.2, 0) is 6.54 Å². The maximum absolute atomic E-state index is 11.8. The zero-order valence-electron chi connectivity index (χ0n) is 9.88. The molecule has 0 amide bonds. The molecular formula is C11H10N4O2S. The quantitative estimate of drug-likeness (QED) is 0.822. The fourth-order valence-electron chi connectivity index (χ4n) is 1.55. The average Bonchev–Trinajstić information content (AvgIpc) is 2.77. The van der Waals surface area contributed by atoms with Gasteiger partial charge in [0.2, 0.25) is 5.88 Å². The number of hydrogen-bond donors (Lipinski definition) is 0. The molecule has 0 saturated heterocycles. The third-order valence-electron chi connectivity index (χ3n) is 2.31. The fourth-order valence-corrected chi connectivity index (χ4v) is 2.25. The summed E-state index contributed by atoms with van der Waals surface area (Å²) in [6, 6.07) is 4.78. The van der Waals surface area contributed by atoms with Gasteiger partial charge in [0.25, 0.3) is 5.56 Å². The Labute approximate surface area is 107 Å². The van der Waals surface area contributed by atoms with Gasteiger partial charge in [0.05, 0.1) is 13.7 Å². The van der Waals surface area contributed by atoms with E-state index in [1.165, 1.54) is 35.1 Å². The molecule has 0 unspecified atom stereocenters. The lowest BCUT2D eigenvalue weighted by Crippen LogP contribution is -2.22. The first-order valence-electron chi connectivity index (χ1n) is 5.12. The van der Waals surface area contributed by atoms with E-state index in [-0.39, 0.29) is 18.0 Å². The van der Waals surface area contributed by atoms with Gasteiger partial charge in [-0.05, 0) is 13.0 Å². The molecule has 0 spiro atoms. The second-order valence-corrected chi connectivity index (χ2v) is 4.77. The summed E-state index contributed by atoms with van der Waals surface area (Å²) in [6.45, 7) is 2.09. The first-order chi connectivity index (χ1) is 8.65. The van der Waals surface area contributed by atoms with E-state index in [1.54, 1.807) is 0 Å². The summed E-state index contributed by atoms with van der Waals surface area (Å²) in [5.41, 5.74) is 0.0806. The van der Waals surface area contributed by atoms with Crippen molar-refractivity contribution in [2.45, 2.75) is 13.5 Å². The fraction of sp³-hybridized carbons (Fsp3) is 0.273. The van der Waals surface area contributed by atoms with E-state index in [0.717, 1.165) is 5.01 Å². The molecule has 2 rings (SSSR count). The van der Waals surface area contributed by atoms with Crippen LogP contribution < -0.4 is 10.3 Å². The summed E-state index contributed by atoms with van der Waals surface area (Å²) in [4.78, 5) is 11.8. The Morgan fingerprint density at radius 3 is 2.83 bits per heavy atom. The number of nitrogens with zero attached hydrogens (tertiary/aromatic N) is 4. The van der Waals surface area contributed by atoms with Crippen LogP contribution in [0.1, 0.15) is 15.6 Å². The highest BCUT2D eigenvalue weighted by Gasteiger charge is 2.12. The molecule has 0 bridgehead atoms. The maximum atomic E-state index is 11.8. The predicted octanol–water partition coefficient (Wildman–Crippen LogP) is 0.937. The molecule has 0 atom stereocenters. The van der Waals surface area contributed by atoms with Crippen molar-refractivity contribution in [3.05, 3.63) is 38.1 Å². The van der Waals surface area contributed by atoms with Crippen LogP contribution in [0.3, 0.4) is 0 Å². The van der Waals surface area contributed by atoms with E-state index in [9.17, 15) is 4.79 Å². The van der Waals surface area contributed by atoms with E-state index in [2.05, 4.69) is 10.2 Å². The van der Waals surface area contributed by atoms with Crippen LogP contribution in [0.25, 0.3) is 0 Å². The van der Waals surface area contributed by atoms with Crippen LogP contribution in [0.15, 0.2) is 16.9 Å². The number of hydrogen-bond acceptors (Lipinski definition) is 6. The largest absolute Gasteiger partial charge is 0.481 e. The van der Waals surface area contributed by atoms with Crippen molar-refractivity contribution in [1.29, 1.82) is 5.26 Å². The van der Waals surface area contributed by atoms with Gasteiger partial charge in [-0.1, -0.05) is 11.3 Å². The number of pyridine rings is 1. The molecule has 18 heavy (non-hydrogen) atoms. The number of aryl methyl sites for hydroxylation is 1. The Bertz CT molecular complexity index is 668. The summed E-state index contributed by atoms with van der Waals surface area (Å²) in [7, 11) is 1.43. The molecule has 2 heterocycles. The molecule has 0 aliphatic carbocycles. The van der Waals surface area contributed by atoms with Crippen molar-refractivity contribution in [3.8, 4) is 11.9 Å². The molecular weight excluding hydrogens is 252 g/mol. The van der Waals surface area contributed by atoms with Gasteiger partial charge in [0, 0.05) is 6.07 Å². The van der Waals surface area contributed by atoms with Crippen molar-refractivity contribution < 1.29 is 4.74 Å². The Balaban J connectivity index is 2.50. The smallest absolute Gasteiger partial charge is 0.253 e. The molecule has 0 saturated carbocycles. The van der Waals surface area contributed by atoms with Crippen molar-refractivity contribution in [2.75, 3.05) is 7.11 Å². The number of aromatic nitrogens is 3. The van der Waals surface area contributed by atoms with Crippen LogP contribution in [0.2, 0.25) is 0 Å². The van der Waals surface area contributed by atoms with E-state index >= 15 is 0 Å². The van der Waals surface area contributed by atoms with Gasteiger partial charge in [-0.3, -0.25) is 9.36 Å². The highest BCUT2D eigenvalue weighted by atomic mass is 32.1. The summed E-state index contributed by atoms with van der Waals surface area (Å²) >= 11 is 1.40. The molecule has 2 aromatic rings. The lowest BCUT2D eigenvalue weighted by molar-refractivity contribution is 0.368. The third kappa shape index (κ3) is 2.24. The lowest BCUT2D eigenvalue weighted by atomic mass is 10.3. The first-order valence-corrected chi connectivity index (χ1v) is 5.94. The summed E-state index contributed by atoms with van der Waals surface area (Å²) < 4.78 is 6.50. The third-order valence-corrected chi connectivity index (χ3v) is 3.13. The van der Waals surface area contributed by atoms with Crippen LogP contribution in [0.5, 0.6) is 5.88 Å². The zero-order valence-corrected chi connectivity index (χ0v) is 10.7. The summed E-state index contributed by atoms with van der Waals surface area (Å²) in [6.07, 6.45) is 0.